The molecule has 2 aromatic carbocycles. The van der Waals surface area contributed by atoms with E-state index >= 15 is 0 Å². The van der Waals surface area contributed by atoms with Crippen LogP contribution in [0.2, 0.25) is 0 Å². The van der Waals surface area contributed by atoms with Gasteiger partial charge in [-0.3, -0.25) is 39.2 Å². The average molecular weight is 779 g/mol. The molecule has 1 unspecified atom stereocenters. The molecule has 4 N–H and O–H groups in total. The summed E-state index contributed by atoms with van der Waals surface area (Å²) in [4.78, 5) is 85.8. The first-order valence-corrected chi connectivity index (χ1v) is 20.5. The number of likely N-dealkylation sites (tertiary alicyclic amines) is 1. The van der Waals surface area contributed by atoms with Gasteiger partial charge in [0.2, 0.25) is 17.4 Å². The average Bonchev–Trinajstić information content (AvgIpc) is 3.73. The van der Waals surface area contributed by atoms with E-state index in [1.807, 2.05) is 0 Å². The predicted molar refractivity (Wildman–Crippen MR) is 213 cm³/mol. The molecule has 3 aliphatic heterocycles. The lowest BCUT2D eigenvalue weighted by Crippen LogP contribution is -2.54. The molecule has 1 aliphatic carbocycles. The SMILES string of the molecule is O=C1CCC(N2C(=O)c3cccc(NCCCCCOc4ccc(-n5nc([C@H]6CCCN(CCC7CCCCC7)C6)[nH]c5=O)c5[nH]c(=O)ccc45)c3C2=O)C(=O)N1. The molecular formula is C42H50N8O7. The standard InChI is InChI=1S/C42H50N8O7/c51-34-18-14-28-33(57-24-6-2-5-21-43-30-13-7-12-29-36(30)41(55)49(40(29)54)32-16-19-35(52)45-39(32)53)17-15-31(37(28)44-34)50-42(56)46-38(47-50)27-11-8-22-48(25-27)23-20-26-9-3-1-4-10-26/h7,12-15,17-18,26-27,32,43H,1-6,8-11,16,19-25H2,(H,44,51)(H,45,52,53)(H,46,47,56)/t27-,32?/m0/s1. The first-order chi connectivity index (χ1) is 27.7. The Labute approximate surface area is 329 Å². The van der Waals surface area contributed by atoms with Crippen LogP contribution in [-0.2, 0) is 9.59 Å². The zero-order chi connectivity index (χ0) is 39.5. The number of amides is 4. The summed E-state index contributed by atoms with van der Waals surface area (Å²) in [5.74, 6) is 0.0787. The Morgan fingerprint density at radius 1 is 0.842 bits per heavy atom. The van der Waals surface area contributed by atoms with E-state index in [0.29, 0.717) is 47.0 Å². The van der Waals surface area contributed by atoms with Crippen molar-refractivity contribution in [2.45, 2.75) is 95.4 Å². The van der Waals surface area contributed by atoms with Crippen molar-refractivity contribution in [1.82, 2.24) is 34.9 Å². The zero-order valence-electron chi connectivity index (χ0n) is 32.1. The van der Waals surface area contributed by atoms with Crippen LogP contribution in [0.5, 0.6) is 5.75 Å². The molecule has 2 saturated heterocycles. The van der Waals surface area contributed by atoms with Gasteiger partial charge in [-0.2, -0.15) is 4.68 Å². The number of rotatable bonds is 14. The second kappa shape index (κ2) is 16.9. The maximum Gasteiger partial charge on any atom is 0.348 e. The van der Waals surface area contributed by atoms with E-state index < -0.39 is 29.7 Å². The maximum absolute atomic E-state index is 13.4. The van der Waals surface area contributed by atoms with Crippen LogP contribution < -0.4 is 26.6 Å². The number of aromatic nitrogens is 4. The fourth-order valence-corrected chi connectivity index (χ4v) is 8.99. The van der Waals surface area contributed by atoms with Gasteiger partial charge in [0.15, 0.2) is 0 Å². The van der Waals surface area contributed by atoms with Gasteiger partial charge < -0.3 is 19.9 Å². The van der Waals surface area contributed by atoms with E-state index in [1.54, 1.807) is 36.4 Å². The van der Waals surface area contributed by atoms with E-state index in [2.05, 4.69) is 25.5 Å². The fourth-order valence-electron chi connectivity index (χ4n) is 8.99. The molecule has 57 heavy (non-hydrogen) atoms. The Bertz CT molecular complexity index is 2290. The number of carbonyl (C=O) groups is 4. The number of nitrogens with one attached hydrogen (secondary N) is 4. The molecule has 0 bridgehead atoms. The Morgan fingerprint density at radius 2 is 1.70 bits per heavy atom. The number of fused-ring (bicyclic) bond motifs is 2. The zero-order valence-corrected chi connectivity index (χ0v) is 32.1. The summed E-state index contributed by atoms with van der Waals surface area (Å²) in [5, 5.41) is 10.9. The van der Waals surface area contributed by atoms with Gasteiger partial charge in [0.1, 0.15) is 17.6 Å². The summed E-state index contributed by atoms with van der Waals surface area (Å²) in [6, 6.07) is 10.7. The van der Waals surface area contributed by atoms with Crippen LogP contribution in [0.25, 0.3) is 16.6 Å². The summed E-state index contributed by atoms with van der Waals surface area (Å²) >= 11 is 0. The van der Waals surface area contributed by atoms with E-state index in [-0.39, 0.29) is 41.1 Å². The molecule has 4 aliphatic rings. The molecule has 300 valence electrons. The van der Waals surface area contributed by atoms with Gasteiger partial charge in [0, 0.05) is 42.6 Å². The molecule has 8 rings (SSSR count). The Hall–Kier alpha value is -5.57. The molecule has 15 nitrogen and oxygen atoms in total. The molecule has 2 atom stereocenters. The Morgan fingerprint density at radius 3 is 2.54 bits per heavy atom. The molecule has 4 amide bonds. The summed E-state index contributed by atoms with van der Waals surface area (Å²) in [6.07, 6.45) is 12.5. The minimum Gasteiger partial charge on any atom is -0.493 e. The number of hydrogen-bond acceptors (Lipinski definition) is 10. The molecule has 2 aromatic heterocycles. The number of ether oxygens (including phenoxy) is 1. The van der Waals surface area contributed by atoms with Gasteiger partial charge in [-0.15, -0.1) is 5.10 Å². The molecule has 4 aromatic rings. The minimum absolute atomic E-state index is 0.0621. The summed E-state index contributed by atoms with van der Waals surface area (Å²) in [6.45, 7) is 3.99. The van der Waals surface area contributed by atoms with E-state index in [0.717, 1.165) is 62.6 Å². The molecule has 0 spiro atoms. The third-order valence-corrected chi connectivity index (χ3v) is 12.0. The highest BCUT2D eigenvalue weighted by Gasteiger charge is 2.45. The number of pyridine rings is 1. The van der Waals surface area contributed by atoms with Crippen molar-refractivity contribution in [1.29, 1.82) is 0 Å². The van der Waals surface area contributed by atoms with Crippen molar-refractivity contribution in [3.8, 4) is 11.4 Å². The topological polar surface area (TPSA) is 192 Å². The normalized spacial score (nSPS) is 20.6. The second-order valence-electron chi connectivity index (χ2n) is 15.9. The van der Waals surface area contributed by atoms with Gasteiger partial charge in [-0.1, -0.05) is 38.2 Å². The largest absolute Gasteiger partial charge is 0.493 e. The number of piperidine rings is 2. The third-order valence-electron chi connectivity index (χ3n) is 12.0. The minimum atomic E-state index is -1.02. The molecular weight excluding hydrogens is 729 g/mol. The number of imide groups is 2. The van der Waals surface area contributed by atoms with Gasteiger partial charge >= 0.3 is 5.69 Å². The van der Waals surface area contributed by atoms with Crippen molar-refractivity contribution in [3.05, 3.63) is 80.3 Å². The second-order valence-corrected chi connectivity index (χ2v) is 15.9. The number of anilines is 1. The molecule has 0 radical (unpaired) electrons. The van der Waals surface area contributed by atoms with Crippen molar-refractivity contribution in [2.75, 3.05) is 38.1 Å². The van der Waals surface area contributed by atoms with Crippen LogP contribution in [0.1, 0.15) is 116 Å². The summed E-state index contributed by atoms with van der Waals surface area (Å²) < 4.78 is 7.54. The molecule has 1 saturated carbocycles. The lowest BCUT2D eigenvalue weighted by Gasteiger charge is -2.33. The van der Waals surface area contributed by atoms with Gasteiger partial charge in [0.25, 0.3) is 11.8 Å². The molecule has 3 fully saturated rings. The number of unbranched alkanes of at least 4 members (excludes halogenated alkanes) is 2. The van der Waals surface area contributed by atoms with Crippen molar-refractivity contribution >= 4 is 40.2 Å². The van der Waals surface area contributed by atoms with Crippen LogP contribution in [-0.4, -0.2) is 92.0 Å². The van der Waals surface area contributed by atoms with Crippen molar-refractivity contribution in [2.24, 2.45) is 5.92 Å². The van der Waals surface area contributed by atoms with Gasteiger partial charge in [-0.25, -0.2) is 4.79 Å². The first kappa shape index (κ1) is 38.3. The van der Waals surface area contributed by atoms with E-state index in [4.69, 9.17) is 9.84 Å². The van der Waals surface area contributed by atoms with Crippen LogP contribution in [0.15, 0.2) is 52.1 Å². The lowest BCUT2D eigenvalue weighted by atomic mass is 9.86. The third kappa shape index (κ3) is 8.16. The summed E-state index contributed by atoms with van der Waals surface area (Å²) in [7, 11) is 0. The Kier molecular flexibility index (Phi) is 11.3. The first-order valence-electron chi connectivity index (χ1n) is 20.5. The lowest BCUT2D eigenvalue weighted by molar-refractivity contribution is -0.136. The van der Waals surface area contributed by atoms with Gasteiger partial charge in [-0.05, 0) is 94.3 Å². The smallest absolute Gasteiger partial charge is 0.348 e. The van der Waals surface area contributed by atoms with E-state index in [9.17, 15) is 28.8 Å². The number of hydrogen-bond donors (Lipinski definition) is 4. The van der Waals surface area contributed by atoms with Crippen molar-refractivity contribution < 1.29 is 23.9 Å². The highest BCUT2D eigenvalue weighted by Crippen LogP contribution is 2.33. The van der Waals surface area contributed by atoms with E-state index in [1.165, 1.54) is 49.3 Å². The number of H-pyrrole nitrogens is 2. The fraction of sp³-hybridized carbons (Fsp3) is 0.500. The number of benzene rings is 2. The quantitative estimate of drug-likeness (QED) is 0.104. The highest BCUT2D eigenvalue weighted by atomic mass is 16.5. The van der Waals surface area contributed by atoms with Crippen LogP contribution >= 0.6 is 0 Å². The molecule has 15 heteroatoms. The van der Waals surface area contributed by atoms with Crippen LogP contribution in [0.4, 0.5) is 5.69 Å². The monoisotopic (exact) mass is 778 g/mol. The molecule has 5 heterocycles. The summed E-state index contributed by atoms with van der Waals surface area (Å²) in [5.41, 5.74) is 1.30. The van der Waals surface area contributed by atoms with Gasteiger partial charge in [0.05, 0.1) is 28.9 Å². The number of carbonyl (C=O) groups excluding carboxylic acids is 4. The van der Waals surface area contributed by atoms with Crippen LogP contribution in [0.3, 0.4) is 0 Å². The number of nitrogens with zero attached hydrogens (tertiary/aromatic N) is 4. The van der Waals surface area contributed by atoms with Crippen molar-refractivity contribution in [3.63, 3.8) is 0 Å². The predicted octanol–water partition coefficient (Wildman–Crippen LogP) is 4.61. The maximum atomic E-state index is 13.4. The Balaban J connectivity index is 0.856. The number of aromatic amines is 2. The highest BCUT2D eigenvalue weighted by molar-refractivity contribution is 6.25. The van der Waals surface area contributed by atoms with Crippen LogP contribution in [0, 0.1) is 5.92 Å².